The number of halogens is 2. The molecule has 0 atom stereocenters. The highest BCUT2D eigenvalue weighted by molar-refractivity contribution is 6.30. The third-order valence-corrected chi connectivity index (χ3v) is 3.07. The van der Waals surface area contributed by atoms with Gasteiger partial charge < -0.3 is 14.6 Å². The minimum atomic E-state index is -0.394. The Hall–Kier alpha value is -1.78. The van der Waals surface area contributed by atoms with Gasteiger partial charge in [-0.05, 0) is 24.3 Å². The highest BCUT2D eigenvalue weighted by atomic mass is 35.5. The molecule has 0 saturated carbocycles. The van der Waals surface area contributed by atoms with Crippen molar-refractivity contribution in [1.82, 2.24) is 0 Å². The van der Waals surface area contributed by atoms with Crippen LogP contribution < -0.4 is 9.47 Å². The van der Waals surface area contributed by atoms with Crippen LogP contribution in [0.25, 0.3) is 0 Å². The normalized spacial score (nSPS) is 10.4. The summed E-state index contributed by atoms with van der Waals surface area (Å²) in [5.74, 6) is 0.491. The van der Waals surface area contributed by atoms with E-state index in [9.17, 15) is 9.50 Å². The van der Waals surface area contributed by atoms with Gasteiger partial charge in [0.2, 0.25) is 0 Å². The first-order valence-corrected chi connectivity index (χ1v) is 6.37. The first-order chi connectivity index (χ1) is 9.65. The Kier molecular flexibility index (Phi) is 4.82. The summed E-state index contributed by atoms with van der Waals surface area (Å²) in [5, 5.41) is 9.74. The molecule has 2 aromatic rings. The second kappa shape index (κ2) is 6.59. The molecule has 2 aromatic carbocycles. The Bertz CT molecular complexity index is 579. The third kappa shape index (κ3) is 3.21. The molecular formula is C15H14ClFO3. The standard InChI is InChI=1S/C15H14ClFO3/c1-19-14-4-2-3-10(8-18)15(14)20-9-11-7-12(16)5-6-13(11)17/h2-7,18H,8-9H2,1H3. The molecule has 0 aromatic heterocycles. The third-order valence-electron chi connectivity index (χ3n) is 2.83. The molecule has 20 heavy (non-hydrogen) atoms. The molecule has 0 saturated heterocycles. The Morgan fingerprint density at radius 1 is 1.20 bits per heavy atom. The van der Waals surface area contributed by atoms with E-state index in [1.165, 1.54) is 25.3 Å². The summed E-state index contributed by atoms with van der Waals surface area (Å²) >= 11 is 5.83. The van der Waals surface area contributed by atoms with Crippen molar-refractivity contribution >= 4 is 11.6 Å². The van der Waals surface area contributed by atoms with E-state index in [1.54, 1.807) is 18.2 Å². The molecule has 0 radical (unpaired) electrons. The second-order valence-electron chi connectivity index (χ2n) is 4.13. The van der Waals surface area contributed by atoms with E-state index in [2.05, 4.69) is 0 Å². The highest BCUT2D eigenvalue weighted by Gasteiger charge is 2.11. The van der Waals surface area contributed by atoms with E-state index in [4.69, 9.17) is 21.1 Å². The minimum Gasteiger partial charge on any atom is -0.493 e. The number of ether oxygens (including phenoxy) is 2. The fourth-order valence-electron chi connectivity index (χ4n) is 1.81. The average molecular weight is 297 g/mol. The molecule has 0 aliphatic carbocycles. The van der Waals surface area contributed by atoms with Crippen LogP contribution in [-0.4, -0.2) is 12.2 Å². The number of methoxy groups -OCH3 is 1. The van der Waals surface area contributed by atoms with Crippen LogP contribution in [0.15, 0.2) is 36.4 Å². The first kappa shape index (κ1) is 14.6. The Balaban J connectivity index is 2.24. The van der Waals surface area contributed by atoms with Crippen LogP contribution in [0, 0.1) is 5.82 Å². The van der Waals surface area contributed by atoms with E-state index in [0.29, 0.717) is 27.6 Å². The second-order valence-corrected chi connectivity index (χ2v) is 4.57. The SMILES string of the molecule is COc1cccc(CO)c1OCc1cc(Cl)ccc1F. The number of benzene rings is 2. The Morgan fingerprint density at radius 3 is 2.70 bits per heavy atom. The van der Waals surface area contributed by atoms with Crippen molar-refractivity contribution in [2.75, 3.05) is 7.11 Å². The van der Waals surface area contributed by atoms with Crippen molar-refractivity contribution in [3.05, 3.63) is 58.4 Å². The molecule has 0 amide bonds. The van der Waals surface area contributed by atoms with Gasteiger partial charge in [-0.15, -0.1) is 0 Å². The maximum atomic E-state index is 13.6. The summed E-state index contributed by atoms with van der Waals surface area (Å²) in [5.41, 5.74) is 0.916. The maximum absolute atomic E-state index is 13.6. The molecule has 1 N–H and O–H groups in total. The van der Waals surface area contributed by atoms with Crippen molar-refractivity contribution in [2.45, 2.75) is 13.2 Å². The van der Waals surface area contributed by atoms with Crippen LogP contribution in [0.4, 0.5) is 4.39 Å². The van der Waals surface area contributed by atoms with Crippen molar-refractivity contribution in [3.8, 4) is 11.5 Å². The molecule has 0 spiro atoms. The van der Waals surface area contributed by atoms with Crippen molar-refractivity contribution < 1.29 is 19.0 Å². The molecule has 0 bridgehead atoms. The average Bonchev–Trinajstić information content (AvgIpc) is 2.47. The van der Waals surface area contributed by atoms with Gasteiger partial charge in [0.15, 0.2) is 11.5 Å². The molecule has 106 valence electrons. The summed E-state index contributed by atoms with van der Waals surface area (Å²) < 4.78 is 24.4. The summed E-state index contributed by atoms with van der Waals surface area (Å²) in [7, 11) is 1.50. The molecule has 3 nitrogen and oxygen atoms in total. The summed E-state index contributed by atoms with van der Waals surface area (Å²) in [6, 6.07) is 9.44. The Morgan fingerprint density at radius 2 is 2.00 bits per heavy atom. The maximum Gasteiger partial charge on any atom is 0.167 e. The molecule has 0 unspecified atom stereocenters. The zero-order valence-corrected chi connectivity index (χ0v) is 11.7. The molecule has 0 heterocycles. The van der Waals surface area contributed by atoms with Gasteiger partial charge in [0.05, 0.1) is 13.7 Å². The van der Waals surface area contributed by atoms with E-state index in [1.807, 2.05) is 0 Å². The zero-order valence-electron chi connectivity index (χ0n) is 10.9. The minimum absolute atomic E-state index is 0.000231. The number of hydrogen-bond donors (Lipinski definition) is 1. The lowest BCUT2D eigenvalue weighted by Gasteiger charge is -2.14. The van der Waals surface area contributed by atoms with Crippen molar-refractivity contribution in [2.24, 2.45) is 0 Å². The van der Waals surface area contributed by atoms with Gasteiger partial charge in [-0.3, -0.25) is 0 Å². The lowest BCUT2D eigenvalue weighted by atomic mass is 10.2. The van der Waals surface area contributed by atoms with Gasteiger partial charge in [0.1, 0.15) is 12.4 Å². The number of hydrogen-bond acceptors (Lipinski definition) is 3. The highest BCUT2D eigenvalue weighted by Crippen LogP contribution is 2.32. The smallest absolute Gasteiger partial charge is 0.167 e. The number of rotatable bonds is 5. The van der Waals surface area contributed by atoms with E-state index >= 15 is 0 Å². The van der Waals surface area contributed by atoms with Crippen LogP contribution >= 0.6 is 11.6 Å². The van der Waals surface area contributed by atoms with Gasteiger partial charge >= 0.3 is 0 Å². The summed E-state index contributed by atoms with van der Waals surface area (Å²) in [6.45, 7) is -0.190. The van der Waals surface area contributed by atoms with Crippen LogP contribution in [0.2, 0.25) is 5.02 Å². The van der Waals surface area contributed by atoms with Gasteiger partial charge in [0.25, 0.3) is 0 Å². The molecule has 5 heteroatoms. The van der Waals surface area contributed by atoms with Crippen molar-refractivity contribution in [3.63, 3.8) is 0 Å². The number of aliphatic hydroxyl groups is 1. The molecule has 0 fully saturated rings. The van der Waals surface area contributed by atoms with Gasteiger partial charge in [0, 0.05) is 16.1 Å². The van der Waals surface area contributed by atoms with E-state index in [0.717, 1.165) is 0 Å². The van der Waals surface area contributed by atoms with Gasteiger partial charge in [-0.1, -0.05) is 23.7 Å². The summed E-state index contributed by atoms with van der Waals surface area (Å²) in [4.78, 5) is 0. The topological polar surface area (TPSA) is 38.7 Å². The number of aliphatic hydroxyl groups excluding tert-OH is 1. The fraction of sp³-hybridized carbons (Fsp3) is 0.200. The van der Waals surface area contributed by atoms with E-state index in [-0.39, 0.29) is 13.2 Å². The van der Waals surface area contributed by atoms with Crippen LogP contribution in [0.1, 0.15) is 11.1 Å². The molecule has 0 aliphatic rings. The number of para-hydroxylation sites is 1. The molecule has 0 aliphatic heterocycles. The van der Waals surface area contributed by atoms with Crippen molar-refractivity contribution in [1.29, 1.82) is 0 Å². The molecule has 2 rings (SSSR count). The first-order valence-electron chi connectivity index (χ1n) is 5.99. The predicted octanol–water partition coefficient (Wildman–Crippen LogP) is 3.56. The molecular weight excluding hydrogens is 283 g/mol. The zero-order chi connectivity index (χ0) is 14.5. The van der Waals surface area contributed by atoms with Gasteiger partial charge in [-0.2, -0.15) is 0 Å². The summed E-state index contributed by atoms with van der Waals surface area (Å²) in [6.07, 6.45) is 0. The lowest BCUT2D eigenvalue weighted by Crippen LogP contribution is -2.02. The van der Waals surface area contributed by atoms with Crippen LogP contribution in [0.3, 0.4) is 0 Å². The Labute approximate surface area is 121 Å². The van der Waals surface area contributed by atoms with E-state index < -0.39 is 5.82 Å². The quantitative estimate of drug-likeness (QED) is 0.917. The van der Waals surface area contributed by atoms with Gasteiger partial charge in [-0.25, -0.2) is 4.39 Å². The lowest BCUT2D eigenvalue weighted by molar-refractivity contribution is 0.248. The monoisotopic (exact) mass is 296 g/mol. The fourth-order valence-corrected chi connectivity index (χ4v) is 2.01. The predicted molar refractivity (Wildman–Crippen MR) is 74.7 cm³/mol. The largest absolute Gasteiger partial charge is 0.493 e. The van der Waals surface area contributed by atoms with Crippen LogP contribution in [-0.2, 0) is 13.2 Å². The van der Waals surface area contributed by atoms with Crippen LogP contribution in [0.5, 0.6) is 11.5 Å².